The van der Waals surface area contributed by atoms with Gasteiger partial charge in [0, 0.05) is 5.69 Å². The van der Waals surface area contributed by atoms with E-state index in [4.69, 9.17) is 4.74 Å². The normalized spacial score (nSPS) is 16.8. The highest BCUT2D eigenvalue weighted by atomic mass is 19.1. The number of anilines is 1. The first kappa shape index (κ1) is 18.5. The summed E-state index contributed by atoms with van der Waals surface area (Å²) in [5, 5.41) is 0. The number of halogens is 2. The van der Waals surface area contributed by atoms with Gasteiger partial charge in [0.25, 0.3) is 5.91 Å². The average Bonchev–Trinajstić information content (AvgIpc) is 2.86. The molecule has 2 aromatic carbocycles. The minimum absolute atomic E-state index is 0.0639. The lowest BCUT2D eigenvalue weighted by molar-refractivity contribution is -0.126. The molecule has 2 aromatic rings. The van der Waals surface area contributed by atoms with Crippen LogP contribution in [0.5, 0.6) is 5.75 Å². The standard InChI is InChI=1S/C19H16F2N2O4/c1-11-18(25)22(19(26)23(11)14-6-3-12(20)4-7-14)10-16(24)15-9-13(21)5-8-17(15)27-2/h3-9,11H,10H2,1-2H3. The molecule has 0 aromatic heterocycles. The van der Waals surface area contributed by atoms with Gasteiger partial charge in [-0.05, 0) is 49.4 Å². The Hall–Kier alpha value is -3.29. The number of rotatable bonds is 5. The summed E-state index contributed by atoms with van der Waals surface area (Å²) in [4.78, 5) is 39.7. The van der Waals surface area contributed by atoms with Gasteiger partial charge in [-0.2, -0.15) is 0 Å². The summed E-state index contributed by atoms with van der Waals surface area (Å²) in [7, 11) is 1.33. The molecule has 1 aliphatic rings. The van der Waals surface area contributed by atoms with Gasteiger partial charge in [0.1, 0.15) is 23.4 Å². The van der Waals surface area contributed by atoms with Crippen molar-refractivity contribution in [1.82, 2.24) is 4.90 Å². The van der Waals surface area contributed by atoms with Crippen LogP contribution in [0, 0.1) is 11.6 Å². The molecule has 0 saturated carbocycles. The molecule has 0 spiro atoms. The van der Waals surface area contributed by atoms with Gasteiger partial charge in [-0.3, -0.25) is 19.4 Å². The van der Waals surface area contributed by atoms with E-state index < -0.39 is 41.9 Å². The molecule has 27 heavy (non-hydrogen) atoms. The van der Waals surface area contributed by atoms with Gasteiger partial charge < -0.3 is 4.74 Å². The van der Waals surface area contributed by atoms with Gasteiger partial charge in [0.2, 0.25) is 0 Å². The third kappa shape index (κ3) is 3.38. The van der Waals surface area contributed by atoms with Crippen molar-refractivity contribution in [2.75, 3.05) is 18.6 Å². The van der Waals surface area contributed by atoms with Crippen molar-refractivity contribution >= 4 is 23.4 Å². The van der Waals surface area contributed by atoms with E-state index in [0.29, 0.717) is 5.69 Å². The molecule has 1 atom stereocenters. The zero-order valence-electron chi connectivity index (χ0n) is 14.6. The van der Waals surface area contributed by atoms with Crippen molar-refractivity contribution in [2.24, 2.45) is 0 Å². The number of urea groups is 1. The molecular weight excluding hydrogens is 358 g/mol. The van der Waals surface area contributed by atoms with Crippen LogP contribution in [-0.2, 0) is 4.79 Å². The number of carbonyl (C=O) groups is 3. The highest BCUT2D eigenvalue weighted by molar-refractivity contribution is 6.16. The molecule has 6 nitrogen and oxygen atoms in total. The molecule has 8 heteroatoms. The van der Waals surface area contributed by atoms with Crippen molar-refractivity contribution in [3.63, 3.8) is 0 Å². The van der Waals surface area contributed by atoms with E-state index in [9.17, 15) is 23.2 Å². The number of hydrogen-bond donors (Lipinski definition) is 0. The Labute approximate surface area is 153 Å². The van der Waals surface area contributed by atoms with Crippen LogP contribution >= 0.6 is 0 Å². The van der Waals surface area contributed by atoms with Crippen molar-refractivity contribution in [3.8, 4) is 5.75 Å². The zero-order chi connectivity index (χ0) is 19.7. The second-order valence-electron chi connectivity index (χ2n) is 6.00. The second kappa shape index (κ2) is 7.14. The topological polar surface area (TPSA) is 66.9 Å². The first-order valence-corrected chi connectivity index (χ1v) is 8.10. The SMILES string of the molecule is COc1ccc(F)cc1C(=O)CN1C(=O)C(C)N(c2ccc(F)cc2)C1=O. The Balaban J connectivity index is 1.86. The summed E-state index contributed by atoms with van der Waals surface area (Å²) in [6.45, 7) is 0.955. The zero-order valence-corrected chi connectivity index (χ0v) is 14.6. The smallest absolute Gasteiger partial charge is 0.332 e. The van der Waals surface area contributed by atoms with E-state index in [-0.39, 0.29) is 11.3 Å². The maximum Gasteiger partial charge on any atom is 0.332 e. The van der Waals surface area contributed by atoms with Gasteiger partial charge in [-0.1, -0.05) is 0 Å². The average molecular weight is 374 g/mol. The van der Waals surface area contributed by atoms with E-state index >= 15 is 0 Å². The quantitative estimate of drug-likeness (QED) is 0.596. The monoisotopic (exact) mass is 374 g/mol. The van der Waals surface area contributed by atoms with Crippen LogP contribution in [0.25, 0.3) is 0 Å². The van der Waals surface area contributed by atoms with Crippen LogP contribution in [0.3, 0.4) is 0 Å². The highest BCUT2D eigenvalue weighted by Gasteiger charge is 2.44. The Morgan fingerprint density at radius 2 is 1.70 bits per heavy atom. The number of nitrogens with zero attached hydrogens (tertiary/aromatic N) is 2. The van der Waals surface area contributed by atoms with Gasteiger partial charge >= 0.3 is 6.03 Å². The maximum absolute atomic E-state index is 13.5. The minimum Gasteiger partial charge on any atom is -0.496 e. The Morgan fingerprint density at radius 1 is 1.07 bits per heavy atom. The summed E-state index contributed by atoms with van der Waals surface area (Å²) in [6, 6.07) is 6.96. The number of ether oxygens (including phenoxy) is 1. The van der Waals surface area contributed by atoms with Crippen molar-refractivity contribution in [1.29, 1.82) is 0 Å². The van der Waals surface area contributed by atoms with Gasteiger partial charge in [-0.15, -0.1) is 0 Å². The molecule has 1 heterocycles. The van der Waals surface area contributed by atoms with Gasteiger partial charge in [-0.25, -0.2) is 13.6 Å². The van der Waals surface area contributed by atoms with Crippen LogP contribution in [0.4, 0.5) is 19.3 Å². The third-order valence-corrected chi connectivity index (χ3v) is 4.32. The number of hydrogen-bond acceptors (Lipinski definition) is 4. The Kier molecular flexibility index (Phi) is 4.89. The Morgan fingerprint density at radius 3 is 2.33 bits per heavy atom. The van der Waals surface area contributed by atoms with Crippen LogP contribution in [0.1, 0.15) is 17.3 Å². The van der Waals surface area contributed by atoms with Crippen molar-refractivity contribution < 1.29 is 27.9 Å². The van der Waals surface area contributed by atoms with E-state index in [2.05, 4.69) is 0 Å². The van der Waals surface area contributed by atoms with Crippen LogP contribution in [0.15, 0.2) is 42.5 Å². The lowest BCUT2D eigenvalue weighted by Gasteiger charge is -2.19. The molecule has 140 valence electrons. The molecule has 1 unspecified atom stereocenters. The minimum atomic E-state index is -0.856. The third-order valence-electron chi connectivity index (χ3n) is 4.32. The molecule has 3 rings (SSSR count). The molecule has 1 aliphatic heterocycles. The van der Waals surface area contributed by atoms with E-state index in [0.717, 1.165) is 17.0 Å². The number of imide groups is 1. The molecule has 0 radical (unpaired) electrons. The van der Waals surface area contributed by atoms with E-state index in [1.807, 2.05) is 0 Å². The predicted molar refractivity (Wildman–Crippen MR) is 92.7 cm³/mol. The number of methoxy groups -OCH3 is 1. The predicted octanol–water partition coefficient (Wildman–Crippen LogP) is 3.01. The Bertz CT molecular complexity index is 914. The molecule has 1 fully saturated rings. The van der Waals surface area contributed by atoms with Crippen LogP contribution in [-0.4, -0.2) is 42.3 Å². The summed E-state index contributed by atoms with van der Waals surface area (Å²) in [6.07, 6.45) is 0. The number of Topliss-reactive ketones (excluding diaryl/α,β-unsaturated/α-hetero) is 1. The molecule has 0 N–H and O–H groups in total. The lowest BCUT2D eigenvalue weighted by Crippen LogP contribution is -2.37. The molecule has 0 aliphatic carbocycles. The van der Waals surface area contributed by atoms with E-state index in [1.54, 1.807) is 0 Å². The van der Waals surface area contributed by atoms with Gasteiger partial charge in [0.05, 0.1) is 19.2 Å². The fourth-order valence-corrected chi connectivity index (χ4v) is 2.93. The fraction of sp³-hybridized carbons (Fsp3) is 0.211. The molecular formula is C19H16F2N2O4. The molecule has 1 saturated heterocycles. The number of carbonyl (C=O) groups excluding carboxylic acids is 3. The van der Waals surface area contributed by atoms with Crippen LogP contribution in [0.2, 0.25) is 0 Å². The van der Waals surface area contributed by atoms with Crippen LogP contribution < -0.4 is 9.64 Å². The maximum atomic E-state index is 13.5. The summed E-state index contributed by atoms with van der Waals surface area (Å²) in [5.41, 5.74) is 0.270. The largest absolute Gasteiger partial charge is 0.496 e. The fourth-order valence-electron chi connectivity index (χ4n) is 2.93. The number of amides is 3. The summed E-state index contributed by atoms with van der Waals surface area (Å²) < 4.78 is 31.7. The first-order valence-electron chi connectivity index (χ1n) is 8.10. The molecule has 3 amide bonds. The lowest BCUT2D eigenvalue weighted by atomic mass is 10.1. The second-order valence-corrected chi connectivity index (χ2v) is 6.00. The summed E-state index contributed by atoms with van der Waals surface area (Å²) >= 11 is 0. The van der Waals surface area contributed by atoms with Crippen molar-refractivity contribution in [2.45, 2.75) is 13.0 Å². The van der Waals surface area contributed by atoms with Gasteiger partial charge in [0.15, 0.2) is 5.78 Å². The van der Waals surface area contributed by atoms with E-state index in [1.165, 1.54) is 49.3 Å². The highest BCUT2D eigenvalue weighted by Crippen LogP contribution is 2.27. The first-order chi connectivity index (χ1) is 12.8. The number of ketones is 1. The van der Waals surface area contributed by atoms with Crippen molar-refractivity contribution in [3.05, 3.63) is 59.7 Å². The number of benzene rings is 2. The summed E-state index contributed by atoms with van der Waals surface area (Å²) in [5.74, 6) is -2.19. The molecule has 0 bridgehead atoms.